The molecule has 2 saturated heterocycles. The number of aliphatic imine (C=N–C) groups is 1. The van der Waals surface area contributed by atoms with Gasteiger partial charge in [0.1, 0.15) is 0 Å². The molecule has 2 bridgehead atoms. The molecule has 0 N–H and O–H groups in total. The van der Waals surface area contributed by atoms with Gasteiger partial charge in [-0.3, -0.25) is 14.7 Å². The number of Topliss-reactive ketones (excluding diaryl/α,β-unsaturated/α-hetero) is 1. The molecule has 3 aliphatic heterocycles. The summed E-state index contributed by atoms with van der Waals surface area (Å²) in [5.41, 5.74) is 5.29. The number of rotatable bonds is 7. The maximum Gasteiger partial charge on any atom is 0.179 e. The third-order valence-corrected chi connectivity index (χ3v) is 8.86. The van der Waals surface area contributed by atoms with E-state index in [0.29, 0.717) is 23.7 Å². The van der Waals surface area contributed by atoms with Gasteiger partial charge in [-0.05, 0) is 74.9 Å². The van der Waals surface area contributed by atoms with Crippen molar-refractivity contribution in [3.8, 4) is 5.69 Å². The molecule has 2 fully saturated rings. The molecule has 2 aromatic carbocycles. The lowest BCUT2D eigenvalue weighted by molar-refractivity contribution is 0.0828. The minimum Gasteiger partial charge on any atom is -0.362 e. The maximum atomic E-state index is 13.9. The third-order valence-electron chi connectivity index (χ3n) is 8.61. The molecule has 0 spiro atoms. The van der Waals surface area contributed by atoms with Gasteiger partial charge in [0.25, 0.3) is 0 Å². The van der Waals surface area contributed by atoms with Crippen molar-refractivity contribution in [2.45, 2.75) is 64.0 Å². The predicted molar refractivity (Wildman–Crippen MR) is 148 cm³/mol. The number of hydrogen-bond acceptors (Lipinski definition) is 4. The summed E-state index contributed by atoms with van der Waals surface area (Å²) in [6.07, 6.45) is 8.13. The Balaban J connectivity index is 1.37. The van der Waals surface area contributed by atoms with E-state index in [1.54, 1.807) is 0 Å². The number of piperidine rings is 1. The number of ketones is 1. The molecule has 4 heterocycles. The fourth-order valence-electron chi connectivity index (χ4n) is 6.72. The fraction of sp³-hybridized carbons (Fsp3) is 0.467. The Morgan fingerprint density at radius 3 is 2.47 bits per heavy atom. The minimum absolute atomic E-state index is 0.249. The first-order valence-corrected chi connectivity index (χ1v) is 13.8. The topological polar surface area (TPSA) is 40.8 Å². The molecule has 3 aliphatic rings. The number of hydrogen-bond donors (Lipinski definition) is 0. The van der Waals surface area contributed by atoms with Gasteiger partial charge in [-0.2, -0.15) is 0 Å². The number of halogens is 1. The summed E-state index contributed by atoms with van der Waals surface area (Å²) in [5, 5.41) is 1.77. The predicted octanol–water partition coefficient (Wildman–Crippen LogP) is 6.07. The molecule has 6 heteroatoms. The van der Waals surface area contributed by atoms with E-state index in [0.717, 1.165) is 53.8 Å². The number of benzene rings is 2. The molecule has 2 atom stereocenters. The zero-order chi connectivity index (χ0) is 24.8. The third kappa shape index (κ3) is 4.26. The number of nitrogens with zero attached hydrogens (tertiary/aromatic N) is 4. The molecule has 5 nitrogen and oxygen atoms in total. The average Bonchev–Trinajstić information content (AvgIpc) is 3.47. The van der Waals surface area contributed by atoms with Crippen LogP contribution in [0.5, 0.6) is 0 Å². The quantitative estimate of drug-likeness (QED) is 0.368. The van der Waals surface area contributed by atoms with E-state index >= 15 is 0 Å². The number of carbonyl (C=O) groups is 1. The summed E-state index contributed by atoms with van der Waals surface area (Å²) in [5.74, 6) is 1.44. The van der Waals surface area contributed by atoms with E-state index in [-0.39, 0.29) is 5.78 Å². The highest BCUT2D eigenvalue weighted by atomic mass is 35.5. The molecule has 0 saturated carbocycles. The Kier molecular flexibility index (Phi) is 6.38. The minimum atomic E-state index is 0.249. The number of fused-ring (bicyclic) bond motifs is 3. The molecule has 36 heavy (non-hydrogen) atoms. The number of aromatic nitrogens is 1. The SMILES string of the molecule is Cc1c(C(=O)CN2C3CCCC2CC3)c2ccc(CCC3=NCCN3C)cc2n1-c1ccc(Cl)cc1. The van der Waals surface area contributed by atoms with Crippen molar-refractivity contribution in [1.29, 1.82) is 0 Å². The largest absolute Gasteiger partial charge is 0.362 e. The van der Waals surface area contributed by atoms with Crippen LogP contribution in [0.25, 0.3) is 16.6 Å². The highest BCUT2D eigenvalue weighted by Crippen LogP contribution is 2.37. The Hall–Kier alpha value is -2.63. The van der Waals surface area contributed by atoms with Crippen LogP contribution in [-0.4, -0.2) is 64.8 Å². The molecule has 0 aliphatic carbocycles. The van der Waals surface area contributed by atoms with Crippen LogP contribution < -0.4 is 0 Å². The molecular weight excluding hydrogens is 468 g/mol. The van der Waals surface area contributed by atoms with Crippen LogP contribution in [0.2, 0.25) is 5.02 Å². The van der Waals surface area contributed by atoms with Gasteiger partial charge < -0.3 is 9.47 Å². The Bertz CT molecular complexity index is 1310. The van der Waals surface area contributed by atoms with Crippen molar-refractivity contribution in [1.82, 2.24) is 14.4 Å². The fourth-order valence-corrected chi connectivity index (χ4v) is 6.85. The van der Waals surface area contributed by atoms with E-state index in [9.17, 15) is 4.79 Å². The van der Waals surface area contributed by atoms with Crippen LogP contribution in [0.4, 0.5) is 0 Å². The van der Waals surface area contributed by atoms with Crippen molar-refractivity contribution in [2.24, 2.45) is 4.99 Å². The Morgan fingerprint density at radius 1 is 1.03 bits per heavy atom. The number of likely N-dealkylation sites (N-methyl/N-ethyl adjacent to an activating group) is 1. The highest BCUT2D eigenvalue weighted by Gasteiger charge is 2.38. The van der Waals surface area contributed by atoms with Gasteiger partial charge in [-0.25, -0.2) is 0 Å². The number of amidine groups is 1. The van der Waals surface area contributed by atoms with Crippen LogP contribution >= 0.6 is 11.6 Å². The molecule has 0 radical (unpaired) electrons. The second-order valence-electron chi connectivity index (χ2n) is 10.8. The maximum absolute atomic E-state index is 13.9. The molecule has 3 aromatic rings. The lowest BCUT2D eigenvalue weighted by Gasteiger charge is -2.34. The first-order chi connectivity index (χ1) is 17.5. The first kappa shape index (κ1) is 23.7. The Labute approximate surface area is 218 Å². The summed E-state index contributed by atoms with van der Waals surface area (Å²) in [7, 11) is 2.12. The van der Waals surface area contributed by atoms with Crippen LogP contribution in [-0.2, 0) is 6.42 Å². The summed E-state index contributed by atoms with van der Waals surface area (Å²) < 4.78 is 2.24. The van der Waals surface area contributed by atoms with E-state index in [1.807, 2.05) is 24.3 Å². The lowest BCUT2D eigenvalue weighted by atomic mass is 9.99. The standard InChI is InChI=1S/C30H35ClN4O/c1-20-30(28(36)19-34-23-4-3-5-24(34)13-12-23)26-14-6-21(7-15-29-32-16-17-33(29)2)18-27(26)35(20)25-10-8-22(31)9-11-25/h6,8-11,14,18,23-24H,3-5,7,12-13,15-17,19H2,1-2H3. The van der Waals surface area contributed by atoms with Crippen LogP contribution in [0.15, 0.2) is 47.5 Å². The van der Waals surface area contributed by atoms with Crippen LogP contribution in [0.1, 0.15) is 60.1 Å². The van der Waals surface area contributed by atoms with Crippen molar-refractivity contribution in [2.75, 3.05) is 26.7 Å². The number of carbonyl (C=O) groups excluding carboxylic acids is 1. The molecule has 6 rings (SSSR count). The van der Waals surface area contributed by atoms with Gasteiger partial charge in [0, 0.05) is 59.5 Å². The second-order valence-corrected chi connectivity index (χ2v) is 11.2. The van der Waals surface area contributed by atoms with Crippen LogP contribution in [0.3, 0.4) is 0 Å². The molecular formula is C30H35ClN4O. The van der Waals surface area contributed by atoms with E-state index < -0.39 is 0 Å². The lowest BCUT2D eigenvalue weighted by Crippen LogP contribution is -2.42. The zero-order valence-electron chi connectivity index (χ0n) is 21.3. The van der Waals surface area contributed by atoms with Gasteiger partial charge in [-0.15, -0.1) is 0 Å². The van der Waals surface area contributed by atoms with E-state index in [2.05, 4.69) is 51.5 Å². The first-order valence-electron chi connectivity index (χ1n) is 13.4. The van der Waals surface area contributed by atoms with Crippen molar-refractivity contribution in [3.05, 3.63) is 64.3 Å². The number of aryl methyl sites for hydroxylation is 1. The summed E-state index contributed by atoms with van der Waals surface area (Å²) in [6.45, 7) is 4.53. The normalized spacial score (nSPS) is 22.0. The van der Waals surface area contributed by atoms with E-state index in [4.69, 9.17) is 11.6 Å². The second kappa shape index (κ2) is 9.68. The van der Waals surface area contributed by atoms with Gasteiger partial charge in [0.05, 0.1) is 24.4 Å². The monoisotopic (exact) mass is 502 g/mol. The van der Waals surface area contributed by atoms with Gasteiger partial charge in [-0.1, -0.05) is 30.2 Å². The molecule has 0 amide bonds. The molecule has 1 aromatic heterocycles. The highest BCUT2D eigenvalue weighted by molar-refractivity contribution is 6.30. The van der Waals surface area contributed by atoms with Gasteiger partial charge in [0.2, 0.25) is 0 Å². The smallest absolute Gasteiger partial charge is 0.179 e. The van der Waals surface area contributed by atoms with E-state index in [1.165, 1.54) is 43.5 Å². The van der Waals surface area contributed by atoms with Gasteiger partial charge in [0.15, 0.2) is 5.78 Å². The molecule has 2 unspecified atom stereocenters. The van der Waals surface area contributed by atoms with Crippen molar-refractivity contribution >= 4 is 34.1 Å². The zero-order valence-corrected chi connectivity index (χ0v) is 22.1. The molecule has 188 valence electrons. The summed E-state index contributed by atoms with van der Waals surface area (Å²) in [6, 6.07) is 15.7. The average molecular weight is 503 g/mol. The van der Waals surface area contributed by atoms with Gasteiger partial charge >= 0.3 is 0 Å². The van der Waals surface area contributed by atoms with Crippen LogP contribution in [0, 0.1) is 6.92 Å². The Morgan fingerprint density at radius 2 is 1.78 bits per heavy atom. The van der Waals surface area contributed by atoms with Crippen molar-refractivity contribution < 1.29 is 4.79 Å². The summed E-state index contributed by atoms with van der Waals surface area (Å²) in [4.78, 5) is 23.3. The summed E-state index contributed by atoms with van der Waals surface area (Å²) >= 11 is 6.21. The van der Waals surface area contributed by atoms with Crippen molar-refractivity contribution in [3.63, 3.8) is 0 Å².